The number of amides is 1. The number of carbonyl (C=O) groups is 2. The lowest BCUT2D eigenvalue weighted by molar-refractivity contribution is 0.0945. The van der Waals surface area contributed by atoms with Gasteiger partial charge in [0.2, 0.25) is 0 Å². The van der Waals surface area contributed by atoms with E-state index in [0.29, 0.717) is 24.1 Å². The van der Waals surface area contributed by atoms with Crippen molar-refractivity contribution in [2.45, 2.75) is 24.8 Å². The van der Waals surface area contributed by atoms with E-state index in [-0.39, 0.29) is 11.7 Å². The highest BCUT2D eigenvalue weighted by molar-refractivity contribution is 7.99. The van der Waals surface area contributed by atoms with Crippen LogP contribution in [0.4, 0.5) is 0 Å². The molecule has 0 atom stereocenters. The maximum absolute atomic E-state index is 12.6. The molecule has 0 aliphatic carbocycles. The Kier molecular flexibility index (Phi) is 6.47. The monoisotopic (exact) mass is 368 g/mol. The SMILES string of the molecule is CCN(CCNC(=O)c1cccc2c1SCCC2=O)Cc1ccccc1. The normalized spacial score (nSPS) is 13.5. The molecular weight excluding hydrogens is 344 g/mol. The number of hydrogen-bond acceptors (Lipinski definition) is 4. The molecule has 0 unspecified atom stereocenters. The van der Waals surface area contributed by atoms with Gasteiger partial charge >= 0.3 is 0 Å². The second-order valence-electron chi connectivity index (χ2n) is 6.31. The van der Waals surface area contributed by atoms with Crippen LogP contribution in [0.25, 0.3) is 0 Å². The molecule has 0 saturated carbocycles. The first-order valence-corrected chi connectivity index (χ1v) is 10.0. The van der Waals surface area contributed by atoms with E-state index in [4.69, 9.17) is 0 Å². The summed E-state index contributed by atoms with van der Waals surface area (Å²) in [6.45, 7) is 5.30. The molecule has 1 N–H and O–H groups in total. The molecule has 0 aromatic heterocycles. The molecule has 0 fully saturated rings. The Balaban J connectivity index is 1.57. The third kappa shape index (κ3) is 4.54. The Morgan fingerprint density at radius 3 is 2.73 bits per heavy atom. The number of hydrogen-bond donors (Lipinski definition) is 1. The van der Waals surface area contributed by atoms with E-state index in [1.165, 1.54) is 5.56 Å². The molecule has 136 valence electrons. The van der Waals surface area contributed by atoms with Crippen molar-refractivity contribution in [3.63, 3.8) is 0 Å². The maximum Gasteiger partial charge on any atom is 0.252 e. The first-order valence-electron chi connectivity index (χ1n) is 9.02. The van der Waals surface area contributed by atoms with E-state index < -0.39 is 0 Å². The highest BCUT2D eigenvalue weighted by Crippen LogP contribution is 2.32. The average Bonchev–Trinajstić information content (AvgIpc) is 2.68. The smallest absolute Gasteiger partial charge is 0.252 e. The van der Waals surface area contributed by atoms with E-state index in [9.17, 15) is 9.59 Å². The molecule has 26 heavy (non-hydrogen) atoms. The van der Waals surface area contributed by atoms with Crippen LogP contribution in [0.15, 0.2) is 53.4 Å². The number of nitrogens with one attached hydrogen (secondary N) is 1. The average molecular weight is 369 g/mol. The van der Waals surface area contributed by atoms with Gasteiger partial charge in [-0.05, 0) is 18.2 Å². The first kappa shape index (κ1) is 18.7. The van der Waals surface area contributed by atoms with Gasteiger partial charge in [-0.15, -0.1) is 11.8 Å². The van der Waals surface area contributed by atoms with Crippen molar-refractivity contribution in [1.82, 2.24) is 10.2 Å². The number of nitrogens with zero attached hydrogens (tertiary/aromatic N) is 1. The zero-order valence-corrected chi connectivity index (χ0v) is 15.8. The van der Waals surface area contributed by atoms with Gasteiger partial charge in [-0.2, -0.15) is 0 Å². The molecule has 3 rings (SSSR count). The van der Waals surface area contributed by atoms with Gasteiger partial charge in [0.25, 0.3) is 5.91 Å². The molecule has 1 aliphatic heterocycles. The third-order valence-corrected chi connectivity index (χ3v) is 5.68. The molecule has 0 spiro atoms. The van der Waals surface area contributed by atoms with E-state index in [2.05, 4.69) is 29.3 Å². The first-order chi connectivity index (χ1) is 12.7. The lowest BCUT2D eigenvalue weighted by Crippen LogP contribution is -2.35. The summed E-state index contributed by atoms with van der Waals surface area (Å²) in [6.07, 6.45) is 0.549. The van der Waals surface area contributed by atoms with Crippen molar-refractivity contribution >= 4 is 23.5 Å². The van der Waals surface area contributed by atoms with Gasteiger partial charge in [-0.25, -0.2) is 0 Å². The highest BCUT2D eigenvalue weighted by atomic mass is 32.2. The molecule has 2 aromatic rings. The fourth-order valence-corrected chi connectivity index (χ4v) is 4.23. The van der Waals surface area contributed by atoms with Crippen molar-refractivity contribution in [2.75, 3.05) is 25.4 Å². The second kappa shape index (κ2) is 9.01. The third-order valence-electron chi connectivity index (χ3n) is 4.55. The van der Waals surface area contributed by atoms with Crippen molar-refractivity contribution in [3.8, 4) is 0 Å². The topological polar surface area (TPSA) is 49.4 Å². The molecule has 0 bridgehead atoms. The summed E-state index contributed by atoms with van der Waals surface area (Å²) in [5.41, 5.74) is 2.58. The maximum atomic E-state index is 12.6. The van der Waals surface area contributed by atoms with Gasteiger partial charge in [-0.3, -0.25) is 14.5 Å². The van der Waals surface area contributed by atoms with E-state index in [0.717, 1.165) is 30.3 Å². The number of Topliss-reactive ketones (excluding diaryl/α,β-unsaturated/α-hetero) is 1. The summed E-state index contributed by atoms with van der Waals surface area (Å²) >= 11 is 1.60. The van der Waals surface area contributed by atoms with Gasteiger partial charge < -0.3 is 5.32 Å². The van der Waals surface area contributed by atoms with Crippen LogP contribution in [0.5, 0.6) is 0 Å². The summed E-state index contributed by atoms with van der Waals surface area (Å²) < 4.78 is 0. The predicted octanol–water partition coefficient (Wildman–Crippen LogP) is 3.62. The van der Waals surface area contributed by atoms with Gasteiger partial charge in [0.1, 0.15) is 0 Å². The quantitative estimate of drug-likeness (QED) is 0.811. The van der Waals surface area contributed by atoms with Crippen LogP contribution in [0.2, 0.25) is 0 Å². The van der Waals surface area contributed by atoms with Gasteiger partial charge in [0.15, 0.2) is 5.78 Å². The summed E-state index contributed by atoms with van der Waals surface area (Å²) in [4.78, 5) is 27.8. The van der Waals surface area contributed by atoms with Crippen LogP contribution in [0.3, 0.4) is 0 Å². The highest BCUT2D eigenvalue weighted by Gasteiger charge is 2.22. The lowest BCUT2D eigenvalue weighted by atomic mass is 10.0. The molecule has 5 heteroatoms. The Hall–Kier alpha value is -2.11. The molecule has 1 amide bonds. The zero-order valence-electron chi connectivity index (χ0n) is 15.0. The fourth-order valence-electron chi connectivity index (χ4n) is 3.08. The number of likely N-dealkylation sites (N-methyl/N-ethyl adjacent to an activating group) is 1. The summed E-state index contributed by atoms with van der Waals surface area (Å²) in [7, 11) is 0. The van der Waals surface area contributed by atoms with Crippen LogP contribution >= 0.6 is 11.8 Å². The number of rotatable bonds is 7. The van der Waals surface area contributed by atoms with Gasteiger partial charge in [0.05, 0.1) is 5.56 Å². The summed E-state index contributed by atoms with van der Waals surface area (Å²) in [5, 5.41) is 3.01. The Bertz CT molecular complexity index is 777. The van der Waals surface area contributed by atoms with Crippen molar-refractivity contribution < 1.29 is 9.59 Å². The van der Waals surface area contributed by atoms with Crippen LogP contribution in [-0.4, -0.2) is 42.0 Å². The molecule has 0 radical (unpaired) electrons. The molecule has 2 aromatic carbocycles. The number of thioether (sulfide) groups is 1. The summed E-state index contributed by atoms with van der Waals surface area (Å²) in [5.74, 6) is 0.782. The molecule has 0 saturated heterocycles. The summed E-state index contributed by atoms with van der Waals surface area (Å²) in [6, 6.07) is 15.8. The van der Waals surface area contributed by atoms with Crippen LogP contribution < -0.4 is 5.32 Å². The predicted molar refractivity (Wildman–Crippen MR) is 106 cm³/mol. The molecule has 1 aliphatic rings. The van der Waals surface area contributed by atoms with Crippen LogP contribution in [0, 0.1) is 0 Å². The van der Waals surface area contributed by atoms with Crippen molar-refractivity contribution in [3.05, 3.63) is 65.2 Å². The Morgan fingerprint density at radius 1 is 1.15 bits per heavy atom. The second-order valence-corrected chi connectivity index (χ2v) is 7.42. The number of carbonyl (C=O) groups excluding carboxylic acids is 2. The largest absolute Gasteiger partial charge is 0.351 e. The Labute approximate surface area is 159 Å². The number of ketones is 1. The lowest BCUT2D eigenvalue weighted by Gasteiger charge is -2.21. The zero-order chi connectivity index (χ0) is 18.4. The van der Waals surface area contributed by atoms with E-state index in [1.54, 1.807) is 23.9 Å². The molecule has 1 heterocycles. The minimum atomic E-state index is -0.0974. The van der Waals surface area contributed by atoms with Gasteiger partial charge in [-0.1, -0.05) is 49.4 Å². The standard InChI is InChI=1S/C21H24N2O2S/c1-2-23(15-16-7-4-3-5-8-16)13-12-22-21(25)18-10-6-9-17-19(24)11-14-26-20(17)18/h3-10H,2,11-15H2,1H3,(H,22,25). The van der Waals surface area contributed by atoms with Gasteiger partial charge in [0, 0.05) is 42.3 Å². The van der Waals surface area contributed by atoms with Crippen LogP contribution in [-0.2, 0) is 6.54 Å². The van der Waals surface area contributed by atoms with E-state index in [1.807, 2.05) is 24.3 Å². The number of fused-ring (bicyclic) bond motifs is 1. The minimum absolute atomic E-state index is 0.0974. The van der Waals surface area contributed by atoms with Crippen molar-refractivity contribution in [1.29, 1.82) is 0 Å². The number of benzene rings is 2. The van der Waals surface area contributed by atoms with Crippen molar-refractivity contribution in [2.24, 2.45) is 0 Å². The fraction of sp³-hybridized carbons (Fsp3) is 0.333. The molecule has 4 nitrogen and oxygen atoms in total. The van der Waals surface area contributed by atoms with E-state index >= 15 is 0 Å². The molecular formula is C21H24N2O2S. The Morgan fingerprint density at radius 2 is 1.96 bits per heavy atom. The van der Waals surface area contributed by atoms with Crippen LogP contribution in [0.1, 0.15) is 39.6 Å². The minimum Gasteiger partial charge on any atom is -0.351 e.